The number of hydrogen-bond acceptors (Lipinski definition) is 4. The number of nitrogens with one attached hydrogen (secondary N) is 1. The Morgan fingerprint density at radius 2 is 2.39 bits per heavy atom. The van der Waals surface area contributed by atoms with Crippen molar-refractivity contribution in [3.63, 3.8) is 0 Å². The molecule has 0 unspecified atom stereocenters. The van der Waals surface area contributed by atoms with Gasteiger partial charge in [0.15, 0.2) is 0 Å². The zero-order valence-electron chi connectivity index (χ0n) is 11.0. The number of amides is 1. The molecule has 1 saturated heterocycles. The topological polar surface area (TPSA) is 58.1 Å². The maximum atomic E-state index is 11.7. The smallest absolute Gasteiger partial charge is 0.271 e. The van der Waals surface area contributed by atoms with Gasteiger partial charge >= 0.3 is 0 Å². The van der Waals surface area contributed by atoms with Crippen molar-refractivity contribution in [1.82, 2.24) is 20.2 Å². The Balaban J connectivity index is 2.13. The summed E-state index contributed by atoms with van der Waals surface area (Å²) < 4.78 is 0. The van der Waals surface area contributed by atoms with E-state index in [0.717, 1.165) is 25.2 Å². The highest BCUT2D eigenvalue weighted by Crippen LogP contribution is 2.24. The Bertz CT molecular complexity index is 421. The van der Waals surface area contributed by atoms with Crippen LogP contribution in [0, 0.1) is 0 Å². The summed E-state index contributed by atoms with van der Waals surface area (Å²) >= 11 is 0. The first-order valence-electron chi connectivity index (χ1n) is 6.49. The van der Waals surface area contributed by atoms with Crippen molar-refractivity contribution in [2.75, 3.05) is 26.7 Å². The number of piperidine rings is 1. The summed E-state index contributed by atoms with van der Waals surface area (Å²) in [5, 5.41) is 2.75. The Morgan fingerprint density at radius 1 is 1.56 bits per heavy atom. The molecule has 0 aromatic carbocycles. The van der Waals surface area contributed by atoms with E-state index in [9.17, 15) is 4.79 Å². The second-order valence-corrected chi connectivity index (χ2v) is 4.79. The number of likely N-dealkylation sites (tertiary alicyclic amines) is 1. The molecule has 0 aliphatic carbocycles. The SMILES string of the molecule is CCNC(=O)c1cncc([C@@H]2CCCN(C)C2)n1. The quantitative estimate of drug-likeness (QED) is 0.868. The largest absolute Gasteiger partial charge is 0.351 e. The Morgan fingerprint density at radius 3 is 3.11 bits per heavy atom. The Kier molecular flexibility index (Phi) is 4.25. The molecular weight excluding hydrogens is 228 g/mol. The number of carbonyl (C=O) groups excluding carboxylic acids is 1. The van der Waals surface area contributed by atoms with Crippen LogP contribution in [0.25, 0.3) is 0 Å². The normalized spacial score (nSPS) is 20.7. The van der Waals surface area contributed by atoms with Crippen LogP contribution in [0.3, 0.4) is 0 Å². The van der Waals surface area contributed by atoms with Gasteiger partial charge in [0.05, 0.1) is 11.9 Å². The summed E-state index contributed by atoms with van der Waals surface area (Å²) in [7, 11) is 2.12. The second-order valence-electron chi connectivity index (χ2n) is 4.79. The van der Waals surface area contributed by atoms with Crippen LogP contribution in [-0.2, 0) is 0 Å². The molecule has 0 spiro atoms. The Hall–Kier alpha value is -1.49. The van der Waals surface area contributed by atoms with Crippen molar-refractivity contribution in [3.05, 3.63) is 23.8 Å². The molecule has 1 aliphatic rings. The van der Waals surface area contributed by atoms with Crippen LogP contribution in [0.4, 0.5) is 0 Å². The minimum atomic E-state index is -0.143. The molecule has 0 bridgehead atoms. The van der Waals surface area contributed by atoms with Crippen molar-refractivity contribution in [1.29, 1.82) is 0 Å². The third kappa shape index (κ3) is 3.04. The fourth-order valence-corrected chi connectivity index (χ4v) is 2.35. The minimum Gasteiger partial charge on any atom is -0.351 e. The van der Waals surface area contributed by atoms with Gasteiger partial charge in [-0.15, -0.1) is 0 Å². The van der Waals surface area contributed by atoms with Gasteiger partial charge in [0.1, 0.15) is 5.69 Å². The minimum absolute atomic E-state index is 0.143. The molecule has 1 aromatic rings. The van der Waals surface area contributed by atoms with Crippen molar-refractivity contribution in [2.24, 2.45) is 0 Å². The third-order valence-corrected chi connectivity index (χ3v) is 3.27. The monoisotopic (exact) mass is 248 g/mol. The molecule has 0 saturated carbocycles. The second kappa shape index (κ2) is 5.91. The van der Waals surface area contributed by atoms with E-state index >= 15 is 0 Å². The zero-order valence-corrected chi connectivity index (χ0v) is 11.0. The van der Waals surface area contributed by atoms with E-state index < -0.39 is 0 Å². The summed E-state index contributed by atoms with van der Waals surface area (Å²) in [6.07, 6.45) is 5.61. The molecule has 1 amide bonds. The van der Waals surface area contributed by atoms with Gasteiger partial charge in [-0.1, -0.05) is 0 Å². The zero-order chi connectivity index (χ0) is 13.0. The fraction of sp³-hybridized carbons (Fsp3) is 0.615. The predicted octanol–water partition coefficient (Wildman–Crippen LogP) is 1.04. The molecule has 2 rings (SSSR count). The van der Waals surface area contributed by atoms with E-state index in [1.165, 1.54) is 12.6 Å². The lowest BCUT2D eigenvalue weighted by Gasteiger charge is -2.29. The molecule has 1 aliphatic heterocycles. The molecule has 0 radical (unpaired) electrons. The van der Waals surface area contributed by atoms with Gasteiger partial charge in [-0.2, -0.15) is 0 Å². The number of nitrogens with zero attached hydrogens (tertiary/aromatic N) is 3. The van der Waals surface area contributed by atoms with Gasteiger partial charge in [0, 0.05) is 25.2 Å². The predicted molar refractivity (Wildman–Crippen MR) is 69.5 cm³/mol. The standard InChI is InChI=1S/C13H20N4O/c1-3-15-13(18)12-8-14-7-11(16-12)10-5-4-6-17(2)9-10/h7-8,10H,3-6,9H2,1-2H3,(H,15,18)/t10-/m1/s1. The first kappa shape index (κ1) is 13.0. The lowest BCUT2D eigenvalue weighted by Crippen LogP contribution is -2.32. The first-order chi connectivity index (χ1) is 8.70. The van der Waals surface area contributed by atoms with E-state index in [1.54, 1.807) is 6.20 Å². The van der Waals surface area contributed by atoms with E-state index in [0.29, 0.717) is 18.2 Å². The van der Waals surface area contributed by atoms with E-state index in [4.69, 9.17) is 0 Å². The molecule has 98 valence electrons. The first-order valence-corrected chi connectivity index (χ1v) is 6.49. The average molecular weight is 248 g/mol. The van der Waals surface area contributed by atoms with Crippen LogP contribution in [0.2, 0.25) is 0 Å². The number of likely N-dealkylation sites (N-methyl/N-ethyl adjacent to an activating group) is 1. The highest BCUT2D eigenvalue weighted by Gasteiger charge is 2.21. The maximum Gasteiger partial charge on any atom is 0.271 e. The highest BCUT2D eigenvalue weighted by atomic mass is 16.1. The Labute approximate surface area is 108 Å². The molecule has 5 nitrogen and oxygen atoms in total. The number of rotatable bonds is 3. The number of hydrogen-bond donors (Lipinski definition) is 1. The molecule has 1 atom stereocenters. The maximum absolute atomic E-state index is 11.7. The summed E-state index contributed by atoms with van der Waals surface area (Å²) in [5.41, 5.74) is 1.35. The summed E-state index contributed by atoms with van der Waals surface area (Å²) in [6, 6.07) is 0. The van der Waals surface area contributed by atoms with Crippen molar-refractivity contribution in [2.45, 2.75) is 25.7 Å². The van der Waals surface area contributed by atoms with Gasteiger partial charge in [-0.25, -0.2) is 4.98 Å². The molecule has 18 heavy (non-hydrogen) atoms. The van der Waals surface area contributed by atoms with Crippen LogP contribution < -0.4 is 5.32 Å². The lowest BCUT2D eigenvalue weighted by molar-refractivity contribution is 0.0950. The molecule has 1 N–H and O–H groups in total. The fourth-order valence-electron chi connectivity index (χ4n) is 2.35. The van der Waals surface area contributed by atoms with Crippen LogP contribution in [0.15, 0.2) is 12.4 Å². The van der Waals surface area contributed by atoms with Crippen molar-refractivity contribution < 1.29 is 4.79 Å². The van der Waals surface area contributed by atoms with Crippen molar-refractivity contribution >= 4 is 5.91 Å². The molecule has 1 fully saturated rings. The van der Waals surface area contributed by atoms with Gasteiger partial charge in [-0.05, 0) is 33.4 Å². The number of aromatic nitrogens is 2. The highest BCUT2D eigenvalue weighted by molar-refractivity contribution is 5.91. The molecular formula is C13H20N4O. The third-order valence-electron chi connectivity index (χ3n) is 3.27. The summed E-state index contributed by atoms with van der Waals surface area (Å²) in [6.45, 7) is 4.63. The van der Waals surface area contributed by atoms with E-state index in [-0.39, 0.29) is 5.91 Å². The van der Waals surface area contributed by atoms with Crippen LogP contribution in [0.1, 0.15) is 41.9 Å². The van der Waals surface area contributed by atoms with Crippen molar-refractivity contribution in [3.8, 4) is 0 Å². The summed E-state index contributed by atoms with van der Waals surface area (Å²) in [5.74, 6) is 0.252. The van der Waals surface area contributed by atoms with E-state index in [1.807, 2.05) is 6.92 Å². The van der Waals surface area contributed by atoms with Gasteiger partial charge in [-0.3, -0.25) is 9.78 Å². The van der Waals surface area contributed by atoms with Gasteiger partial charge in [0.25, 0.3) is 5.91 Å². The number of carbonyl (C=O) groups is 1. The summed E-state index contributed by atoms with van der Waals surface area (Å²) in [4.78, 5) is 22.6. The van der Waals surface area contributed by atoms with Crippen LogP contribution in [0.5, 0.6) is 0 Å². The van der Waals surface area contributed by atoms with Gasteiger partial charge in [0.2, 0.25) is 0 Å². The molecule has 1 aromatic heterocycles. The molecule has 5 heteroatoms. The lowest BCUT2D eigenvalue weighted by atomic mass is 9.95. The van der Waals surface area contributed by atoms with Crippen LogP contribution >= 0.6 is 0 Å². The molecule has 2 heterocycles. The average Bonchev–Trinajstić information content (AvgIpc) is 2.39. The van der Waals surface area contributed by atoms with Crippen LogP contribution in [-0.4, -0.2) is 47.5 Å². The van der Waals surface area contributed by atoms with Gasteiger partial charge < -0.3 is 10.2 Å². The van der Waals surface area contributed by atoms with E-state index in [2.05, 4.69) is 27.2 Å².